The van der Waals surface area contributed by atoms with Crippen LogP contribution in [0.1, 0.15) is 38.8 Å². The Kier molecular flexibility index (Phi) is 6.56. The largest absolute Gasteiger partial charge is 0.396 e. The number of aliphatic hydroxyl groups is 1. The molecule has 1 unspecified atom stereocenters. The second kappa shape index (κ2) is 7.94. The smallest absolute Gasteiger partial charge is 0.242 e. The van der Waals surface area contributed by atoms with Gasteiger partial charge in [-0.2, -0.15) is 0 Å². The lowest BCUT2D eigenvalue weighted by Gasteiger charge is -2.29. The van der Waals surface area contributed by atoms with E-state index in [4.69, 9.17) is 0 Å². The highest BCUT2D eigenvalue weighted by Gasteiger charge is 2.24. The zero-order valence-electron chi connectivity index (χ0n) is 13.8. The lowest BCUT2D eigenvalue weighted by atomic mass is 9.96. The Morgan fingerprint density at radius 2 is 1.82 bits per heavy atom. The third-order valence-electron chi connectivity index (χ3n) is 3.53. The second-order valence-corrected chi connectivity index (χ2v) is 6.38. The molecule has 122 valence electrons. The fraction of sp³-hybridized carbons (Fsp3) is 0.529. The summed E-state index contributed by atoms with van der Waals surface area (Å²) >= 11 is 0. The SMILES string of the molecule is CN(C(=O)CNC(=O)C(C)(C)C)C(CCO)c1ccccc1. The van der Waals surface area contributed by atoms with Crippen molar-refractivity contribution < 1.29 is 14.7 Å². The van der Waals surface area contributed by atoms with E-state index in [0.29, 0.717) is 6.42 Å². The first kappa shape index (κ1) is 18.2. The third kappa shape index (κ3) is 5.15. The van der Waals surface area contributed by atoms with Crippen molar-refractivity contribution in [2.75, 3.05) is 20.2 Å². The minimum atomic E-state index is -0.525. The molecule has 0 aliphatic rings. The predicted molar refractivity (Wildman–Crippen MR) is 86.1 cm³/mol. The molecule has 2 amide bonds. The van der Waals surface area contributed by atoms with Gasteiger partial charge in [-0.1, -0.05) is 51.1 Å². The number of hydrogen-bond acceptors (Lipinski definition) is 3. The van der Waals surface area contributed by atoms with Crippen molar-refractivity contribution in [3.05, 3.63) is 35.9 Å². The Morgan fingerprint density at radius 3 is 2.32 bits per heavy atom. The number of benzene rings is 1. The van der Waals surface area contributed by atoms with Crippen LogP contribution in [-0.4, -0.2) is 42.0 Å². The fourth-order valence-electron chi connectivity index (χ4n) is 2.10. The van der Waals surface area contributed by atoms with Gasteiger partial charge in [0.15, 0.2) is 0 Å². The maximum Gasteiger partial charge on any atom is 0.242 e. The molecule has 22 heavy (non-hydrogen) atoms. The van der Waals surface area contributed by atoms with Crippen molar-refractivity contribution in [3.63, 3.8) is 0 Å². The highest BCUT2D eigenvalue weighted by molar-refractivity contribution is 5.87. The summed E-state index contributed by atoms with van der Waals surface area (Å²) in [6.45, 7) is 5.35. The average Bonchev–Trinajstić information content (AvgIpc) is 2.49. The van der Waals surface area contributed by atoms with Crippen molar-refractivity contribution in [1.29, 1.82) is 0 Å². The van der Waals surface area contributed by atoms with E-state index in [2.05, 4.69) is 5.32 Å². The number of carbonyl (C=O) groups is 2. The van der Waals surface area contributed by atoms with Gasteiger partial charge in [0.05, 0.1) is 12.6 Å². The summed E-state index contributed by atoms with van der Waals surface area (Å²) in [5.74, 6) is -0.340. The van der Waals surface area contributed by atoms with Crippen molar-refractivity contribution >= 4 is 11.8 Å². The number of likely N-dealkylation sites (N-methyl/N-ethyl adjacent to an activating group) is 1. The van der Waals surface area contributed by atoms with Crippen LogP contribution in [0.25, 0.3) is 0 Å². The fourth-order valence-corrected chi connectivity index (χ4v) is 2.10. The van der Waals surface area contributed by atoms with E-state index in [1.54, 1.807) is 32.7 Å². The summed E-state index contributed by atoms with van der Waals surface area (Å²) < 4.78 is 0. The van der Waals surface area contributed by atoms with E-state index in [-0.39, 0.29) is 31.0 Å². The van der Waals surface area contributed by atoms with Crippen LogP contribution >= 0.6 is 0 Å². The highest BCUT2D eigenvalue weighted by Crippen LogP contribution is 2.22. The second-order valence-electron chi connectivity index (χ2n) is 6.38. The van der Waals surface area contributed by atoms with Gasteiger partial charge < -0.3 is 15.3 Å². The summed E-state index contributed by atoms with van der Waals surface area (Å²) in [6.07, 6.45) is 0.458. The Hall–Kier alpha value is -1.88. The van der Waals surface area contributed by atoms with Gasteiger partial charge in [0.2, 0.25) is 11.8 Å². The maximum atomic E-state index is 12.3. The number of amides is 2. The lowest BCUT2D eigenvalue weighted by Crippen LogP contribution is -2.43. The van der Waals surface area contributed by atoms with Gasteiger partial charge >= 0.3 is 0 Å². The van der Waals surface area contributed by atoms with Gasteiger partial charge in [-0.25, -0.2) is 0 Å². The van der Waals surface area contributed by atoms with Crippen molar-refractivity contribution in [2.24, 2.45) is 5.41 Å². The van der Waals surface area contributed by atoms with Crippen LogP contribution in [-0.2, 0) is 9.59 Å². The van der Waals surface area contributed by atoms with Gasteiger partial charge in [-0.3, -0.25) is 9.59 Å². The van der Waals surface area contributed by atoms with Crippen molar-refractivity contribution in [1.82, 2.24) is 10.2 Å². The molecule has 0 heterocycles. The lowest BCUT2D eigenvalue weighted by molar-refractivity contribution is -0.136. The molecule has 0 aliphatic heterocycles. The van der Waals surface area contributed by atoms with Crippen LogP contribution in [0.3, 0.4) is 0 Å². The molecule has 2 N–H and O–H groups in total. The number of hydrogen-bond donors (Lipinski definition) is 2. The van der Waals surface area contributed by atoms with Crippen LogP contribution < -0.4 is 5.32 Å². The summed E-state index contributed by atoms with van der Waals surface area (Å²) in [7, 11) is 1.69. The van der Waals surface area contributed by atoms with Crippen molar-refractivity contribution in [3.8, 4) is 0 Å². The maximum absolute atomic E-state index is 12.3. The molecule has 1 aromatic carbocycles. The molecule has 0 saturated heterocycles. The Labute approximate surface area is 132 Å². The molecule has 1 rings (SSSR count). The standard InChI is InChI=1S/C17H26N2O3/c1-17(2,3)16(22)18-12-15(21)19(4)14(10-11-20)13-8-6-5-7-9-13/h5-9,14,20H,10-12H2,1-4H3,(H,18,22). The number of rotatable bonds is 6. The molecule has 0 fully saturated rings. The molecule has 0 aliphatic carbocycles. The monoisotopic (exact) mass is 306 g/mol. The molecule has 5 nitrogen and oxygen atoms in total. The zero-order valence-corrected chi connectivity index (χ0v) is 13.8. The number of aliphatic hydroxyl groups excluding tert-OH is 1. The van der Waals surface area contributed by atoms with E-state index in [9.17, 15) is 14.7 Å². The van der Waals surface area contributed by atoms with E-state index in [1.165, 1.54) is 0 Å². The number of nitrogens with one attached hydrogen (secondary N) is 1. The Balaban J connectivity index is 2.72. The van der Waals surface area contributed by atoms with Crippen LogP contribution in [0.15, 0.2) is 30.3 Å². The molecular weight excluding hydrogens is 280 g/mol. The van der Waals surface area contributed by atoms with Gasteiger partial charge in [-0.15, -0.1) is 0 Å². The normalized spacial score (nSPS) is 12.6. The first-order valence-corrected chi connectivity index (χ1v) is 7.47. The predicted octanol–water partition coefficient (Wildman–Crippen LogP) is 1.73. The van der Waals surface area contributed by atoms with Crippen LogP contribution in [0.2, 0.25) is 0 Å². The summed E-state index contributed by atoms with van der Waals surface area (Å²) in [6, 6.07) is 9.37. The van der Waals surface area contributed by atoms with Crippen LogP contribution in [0.5, 0.6) is 0 Å². The summed E-state index contributed by atoms with van der Waals surface area (Å²) in [5, 5.41) is 11.9. The molecular formula is C17H26N2O3. The summed E-state index contributed by atoms with van der Waals surface area (Å²) in [5.41, 5.74) is 0.442. The molecule has 0 radical (unpaired) electrons. The average molecular weight is 306 g/mol. The number of carbonyl (C=O) groups excluding carboxylic acids is 2. The minimum Gasteiger partial charge on any atom is -0.396 e. The zero-order chi connectivity index (χ0) is 16.8. The van der Waals surface area contributed by atoms with Crippen LogP contribution in [0, 0.1) is 5.41 Å². The molecule has 0 aromatic heterocycles. The molecule has 1 atom stereocenters. The van der Waals surface area contributed by atoms with Gasteiger partial charge in [0.25, 0.3) is 0 Å². The summed E-state index contributed by atoms with van der Waals surface area (Å²) in [4.78, 5) is 25.7. The molecule has 0 spiro atoms. The number of nitrogens with zero attached hydrogens (tertiary/aromatic N) is 1. The molecule has 1 aromatic rings. The molecule has 0 saturated carbocycles. The first-order chi connectivity index (χ1) is 10.3. The Bertz CT molecular complexity index is 494. The molecule has 0 bridgehead atoms. The van der Waals surface area contributed by atoms with E-state index in [0.717, 1.165) is 5.56 Å². The third-order valence-corrected chi connectivity index (χ3v) is 3.53. The minimum absolute atomic E-state index is 0.00840. The van der Waals surface area contributed by atoms with E-state index in [1.807, 2.05) is 30.3 Å². The quantitative estimate of drug-likeness (QED) is 0.841. The van der Waals surface area contributed by atoms with E-state index >= 15 is 0 Å². The van der Waals surface area contributed by atoms with E-state index < -0.39 is 5.41 Å². The van der Waals surface area contributed by atoms with Gasteiger partial charge in [-0.05, 0) is 12.0 Å². The van der Waals surface area contributed by atoms with Gasteiger partial charge in [0, 0.05) is 19.1 Å². The topological polar surface area (TPSA) is 69.6 Å². The van der Waals surface area contributed by atoms with Gasteiger partial charge in [0.1, 0.15) is 0 Å². The Morgan fingerprint density at radius 1 is 1.23 bits per heavy atom. The highest BCUT2D eigenvalue weighted by atomic mass is 16.3. The van der Waals surface area contributed by atoms with Crippen LogP contribution in [0.4, 0.5) is 0 Å². The first-order valence-electron chi connectivity index (χ1n) is 7.47. The molecule has 5 heteroatoms. The van der Waals surface area contributed by atoms with Crippen molar-refractivity contribution in [2.45, 2.75) is 33.2 Å².